The lowest BCUT2D eigenvalue weighted by atomic mass is 10.2. The summed E-state index contributed by atoms with van der Waals surface area (Å²) in [7, 11) is 1.52. The minimum absolute atomic E-state index is 0.137. The van der Waals surface area contributed by atoms with Gasteiger partial charge in [-0.25, -0.2) is 9.18 Å². The molecule has 4 nitrogen and oxygen atoms in total. The van der Waals surface area contributed by atoms with Crippen molar-refractivity contribution in [3.8, 4) is 5.75 Å². The molecule has 1 unspecified atom stereocenters. The van der Waals surface area contributed by atoms with Gasteiger partial charge in [0.05, 0.1) is 6.10 Å². The van der Waals surface area contributed by atoms with Crippen molar-refractivity contribution in [1.29, 1.82) is 0 Å². The summed E-state index contributed by atoms with van der Waals surface area (Å²) in [5.74, 6) is -1.69. The van der Waals surface area contributed by atoms with Gasteiger partial charge in [-0.05, 0) is 25.1 Å². The van der Waals surface area contributed by atoms with Crippen LogP contribution in [0.5, 0.6) is 5.75 Å². The molecule has 5 heteroatoms. The molecule has 0 heterocycles. The molecular formula is C11H13FO4. The molecule has 0 saturated heterocycles. The van der Waals surface area contributed by atoms with Crippen molar-refractivity contribution in [2.45, 2.75) is 13.0 Å². The summed E-state index contributed by atoms with van der Waals surface area (Å²) >= 11 is 0. The predicted octanol–water partition coefficient (Wildman–Crippen LogP) is 1.94. The highest BCUT2D eigenvalue weighted by atomic mass is 19.1. The lowest BCUT2D eigenvalue weighted by Crippen LogP contribution is -2.17. The third-order valence-corrected chi connectivity index (χ3v) is 2.05. The Kier molecular flexibility index (Phi) is 4.25. The number of ether oxygens (including phenoxy) is 2. The zero-order chi connectivity index (χ0) is 12.1. The number of halogens is 1. The minimum Gasteiger partial charge on any atom is -0.490 e. The van der Waals surface area contributed by atoms with Crippen LogP contribution in [0.1, 0.15) is 17.3 Å². The molecule has 1 atom stereocenters. The van der Waals surface area contributed by atoms with Crippen LogP contribution in [0.4, 0.5) is 4.39 Å². The number of methoxy groups -OCH3 is 1. The Morgan fingerprint density at radius 2 is 2.25 bits per heavy atom. The van der Waals surface area contributed by atoms with Gasteiger partial charge in [-0.2, -0.15) is 0 Å². The van der Waals surface area contributed by atoms with E-state index in [-0.39, 0.29) is 24.0 Å². The van der Waals surface area contributed by atoms with Gasteiger partial charge in [0, 0.05) is 7.11 Å². The smallest absolute Gasteiger partial charge is 0.339 e. The first-order chi connectivity index (χ1) is 7.54. The van der Waals surface area contributed by atoms with E-state index in [9.17, 15) is 9.18 Å². The van der Waals surface area contributed by atoms with Gasteiger partial charge in [-0.15, -0.1) is 0 Å². The number of rotatable bonds is 5. The highest BCUT2D eigenvalue weighted by Gasteiger charge is 2.13. The van der Waals surface area contributed by atoms with E-state index in [2.05, 4.69) is 0 Å². The molecule has 88 valence electrons. The van der Waals surface area contributed by atoms with Crippen LogP contribution in [0.2, 0.25) is 0 Å². The second kappa shape index (κ2) is 5.46. The molecule has 0 fully saturated rings. The van der Waals surface area contributed by atoms with E-state index in [1.807, 2.05) is 0 Å². The molecule has 0 aliphatic heterocycles. The summed E-state index contributed by atoms with van der Waals surface area (Å²) in [4.78, 5) is 10.8. The maximum Gasteiger partial charge on any atom is 0.339 e. The molecule has 0 amide bonds. The van der Waals surface area contributed by atoms with Crippen LogP contribution in [0, 0.1) is 5.82 Å². The van der Waals surface area contributed by atoms with Gasteiger partial charge in [-0.1, -0.05) is 0 Å². The van der Waals surface area contributed by atoms with E-state index < -0.39 is 11.8 Å². The number of carboxylic acid groups (broad SMARTS) is 1. The van der Waals surface area contributed by atoms with E-state index in [0.717, 1.165) is 12.1 Å². The fraction of sp³-hybridized carbons (Fsp3) is 0.364. The van der Waals surface area contributed by atoms with Crippen molar-refractivity contribution in [2.24, 2.45) is 0 Å². The molecule has 0 aromatic heterocycles. The average Bonchev–Trinajstić information content (AvgIpc) is 2.26. The molecule has 1 aromatic carbocycles. The third-order valence-electron chi connectivity index (χ3n) is 2.05. The monoisotopic (exact) mass is 228 g/mol. The maximum atomic E-state index is 12.8. The molecule has 1 aromatic rings. The van der Waals surface area contributed by atoms with E-state index >= 15 is 0 Å². The van der Waals surface area contributed by atoms with Crippen LogP contribution in [0.15, 0.2) is 18.2 Å². The van der Waals surface area contributed by atoms with E-state index in [0.29, 0.717) is 0 Å². The van der Waals surface area contributed by atoms with Gasteiger partial charge >= 0.3 is 5.97 Å². The second-order valence-corrected chi connectivity index (χ2v) is 3.30. The number of hydrogen-bond acceptors (Lipinski definition) is 3. The van der Waals surface area contributed by atoms with Crippen LogP contribution < -0.4 is 4.74 Å². The molecule has 1 N–H and O–H groups in total. The molecule has 0 aliphatic carbocycles. The summed E-state index contributed by atoms with van der Waals surface area (Å²) in [5.41, 5.74) is -0.191. The van der Waals surface area contributed by atoms with E-state index in [1.54, 1.807) is 6.92 Å². The van der Waals surface area contributed by atoms with Crippen LogP contribution >= 0.6 is 0 Å². The Morgan fingerprint density at radius 3 is 2.81 bits per heavy atom. The van der Waals surface area contributed by atoms with Gasteiger partial charge in [0.25, 0.3) is 0 Å². The summed E-state index contributed by atoms with van der Waals surface area (Å²) in [6.07, 6.45) is -0.160. The lowest BCUT2D eigenvalue weighted by molar-refractivity contribution is 0.0645. The Hall–Kier alpha value is -1.62. The highest BCUT2D eigenvalue weighted by molar-refractivity contribution is 5.90. The second-order valence-electron chi connectivity index (χ2n) is 3.30. The molecule has 0 bridgehead atoms. The van der Waals surface area contributed by atoms with Crippen LogP contribution in [0.25, 0.3) is 0 Å². The molecule has 16 heavy (non-hydrogen) atoms. The van der Waals surface area contributed by atoms with Crippen LogP contribution in [0.3, 0.4) is 0 Å². The normalized spacial score (nSPS) is 12.2. The van der Waals surface area contributed by atoms with Gasteiger partial charge in [0.15, 0.2) is 0 Å². The number of benzene rings is 1. The molecular weight excluding hydrogens is 215 g/mol. The molecule has 0 saturated carbocycles. The third kappa shape index (κ3) is 3.20. The number of carboxylic acids is 1. The standard InChI is InChI=1S/C11H13FO4/c1-7(15-2)6-16-10-4-3-8(12)5-9(10)11(13)14/h3-5,7H,6H2,1-2H3,(H,13,14). The van der Waals surface area contributed by atoms with Gasteiger partial charge < -0.3 is 14.6 Å². The van der Waals surface area contributed by atoms with Crippen LogP contribution in [-0.4, -0.2) is 30.9 Å². The average molecular weight is 228 g/mol. The van der Waals surface area contributed by atoms with Crippen molar-refractivity contribution in [3.63, 3.8) is 0 Å². The van der Waals surface area contributed by atoms with Crippen LogP contribution in [-0.2, 0) is 4.74 Å². The first kappa shape index (κ1) is 12.4. The summed E-state index contributed by atoms with van der Waals surface area (Å²) < 4.78 is 23.0. The van der Waals surface area contributed by atoms with Crippen molar-refractivity contribution in [1.82, 2.24) is 0 Å². The zero-order valence-corrected chi connectivity index (χ0v) is 9.07. The SMILES string of the molecule is COC(C)COc1ccc(F)cc1C(=O)O. The summed E-state index contributed by atoms with van der Waals surface area (Å²) in [6.45, 7) is 1.99. The summed E-state index contributed by atoms with van der Waals surface area (Å²) in [6, 6.07) is 3.37. The van der Waals surface area contributed by atoms with Crippen molar-refractivity contribution in [2.75, 3.05) is 13.7 Å². The Labute approximate surface area is 92.6 Å². The maximum absolute atomic E-state index is 12.8. The lowest BCUT2D eigenvalue weighted by Gasteiger charge is -2.13. The minimum atomic E-state index is -1.22. The fourth-order valence-electron chi connectivity index (χ4n) is 1.07. The topological polar surface area (TPSA) is 55.8 Å². The summed E-state index contributed by atoms with van der Waals surface area (Å²) in [5, 5.41) is 8.83. The quantitative estimate of drug-likeness (QED) is 0.836. The molecule has 1 rings (SSSR count). The predicted molar refractivity (Wildman–Crippen MR) is 55.3 cm³/mol. The number of hydrogen-bond donors (Lipinski definition) is 1. The van der Waals surface area contributed by atoms with Crippen molar-refractivity contribution < 1.29 is 23.8 Å². The first-order valence-corrected chi connectivity index (χ1v) is 4.73. The van der Waals surface area contributed by atoms with Crippen molar-refractivity contribution in [3.05, 3.63) is 29.6 Å². The molecule has 0 aliphatic rings. The fourth-order valence-corrected chi connectivity index (χ4v) is 1.07. The van der Waals surface area contributed by atoms with Gasteiger partial charge in [-0.3, -0.25) is 0 Å². The Balaban J connectivity index is 2.82. The van der Waals surface area contributed by atoms with Gasteiger partial charge in [0.2, 0.25) is 0 Å². The number of aromatic carboxylic acids is 1. The highest BCUT2D eigenvalue weighted by Crippen LogP contribution is 2.20. The Morgan fingerprint density at radius 1 is 1.56 bits per heavy atom. The Bertz CT molecular complexity index is 378. The zero-order valence-electron chi connectivity index (χ0n) is 9.07. The first-order valence-electron chi connectivity index (χ1n) is 4.73. The van der Waals surface area contributed by atoms with Gasteiger partial charge in [0.1, 0.15) is 23.7 Å². The van der Waals surface area contributed by atoms with Crippen molar-refractivity contribution >= 4 is 5.97 Å². The van der Waals surface area contributed by atoms with E-state index in [4.69, 9.17) is 14.6 Å². The molecule has 0 radical (unpaired) electrons. The number of carbonyl (C=O) groups is 1. The van der Waals surface area contributed by atoms with E-state index in [1.165, 1.54) is 13.2 Å². The molecule has 0 spiro atoms. The largest absolute Gasteiger partial charge is 0.490 e.